The summed E-state index contributed by atoms with van der Waals surface area (Å²) in [4.78, 5) is 2.67. The molecule has 22 heavy (non-hydrogen) atoms. The molecule has 1 heterocycles. The van der Waals surface area contributed by atoms with Crippen molar-refractivity contribution in [1.82, 2.24) is 4.90 Å². The van der Waals surface area contributed by atoms with Crippen molar-refractivity contribution in [2.75, 3.05) is 13.1 Å². The summed E-state index contributed by atoms with van der Waals surface area (Å²) >= 11 is 0. The first-order valence-electron chi connectivity index (χ1n) is 8.26. The zero-order valence-corrected chi connectivity index (χ0v) is 15.4. The average molecular weight is 366 g/mol. The Morgan fingerprint density at radius 2 is 2.18 bits per heavy atom. The molecule has 2 unspecified atom stereocenters. The average Bonchev–Trinajstić information content (AvgIpc) is 2.77. The van der Waals surface area contributed by atoms with Crippen LogP contribution in [0.25, 0.3) is 0 Å². The molecule has 1 saturated heterocycles. The first-order chi connectivity index (χ1) is 10.1. The van der Waals surface area contributed by atoms with Crippen molar-refractivity contribution in [3.05, 3.63) is 41.5 Å². The smallest absolute Gasteiger partial charge is 0.115 e. The van der Waals surface area contributed by atoms with Gasteiger partial charge in [0.05, 0.1) is 0 Å². The molecule has 3 rings (SSSR count). The van der Waals surface area contributed by atoms with E-state index in [9.17, 15) is 5.11 Å². The maximum atomic E-state index is 9.82. The summed E-state index contributed by atoms with van der Waals surface area (Å²) in [6.45, 7) is 6.69. The Morgan fingerprint density at radius 1 is 1.36 bits per heavy atom. The predicted molar refractivity (Wildman–Crippen MR) is 98.0 cm³/mol. The number of halogens is 1. The number of phenols is 1. The summed E-state index contributed by atoms with van der Waals surface area (Å²) in [5.74, 6) is 0.413. The summed E-state index contributed by atoms with van der Waals surface area (Å²) in [6, 6.07) is 8.70. The lowest BCUT2D eigenvalue weighted by Crippen LogP contribution is -2.33. The number of benzene rings is 1. The van der Waals surface area contributed by atoms with Crippen LogP contribution >= 0.6 is 17.0 Å². The lowest BCUT2D eigenvalue weighted by molar-refractivity contribution is 0.226. The molecule has 122 valence electrons. The van der Waals surface area contributed by atoms with E-state index in [4.69, 9.17) is 0 Å². The molecule has 1 saturated carbocycles. The summed E-state index contributed by atoms with van der Waals surface area (Å²) in [6.07, 6.45) is 8.71. The van der Waals surface area contributed by atoms with Crippen LogP contribution in [-0.4, -0.2) is 29.1 Å². The Morgan fingerprint density at radius 3 is 2.91 bits per heavy atom. The first-order valence-corrected chi connectivity index (χ1v) is 8.26. The number of hydrogen-bond donors (Lipinski definition) is 1. The fourth-order valence-electron chi connectivity index (χ4n) is 4.22. The van der Waals surface area contributed by atoms with Gasteiger partial charge >= 0.3 is 0 Å². The van der Waals surface area contributed by atoms with E-state index in [2.05, 4.69) is 30.9 Å². The van der Waals surface area contributed by atoms with E-state index in [1.165, 1.54) is 49.8 Å². The topological polar surface area (TPSA) is 23.5 Å². The maximum absolute atomic E-state index is 9.82. The first kappa shape index (κ1) is 17.6. The zero-order chi connectivity index (χ0) is 14.9. The van der Waals surface area contributed by atoms with Crippen LogP contribution in [0.2, 0.25) is 0 Å². The van der Waals surface area contributed by atoms with Crippen molar-refractivity contribution < 1.29 is 5.11 Å². The van der Waals surface area contributed by atoms with Crippen LogP contribution in [0.15, 0.2) is 35.9 Å². The molecule has 2 fully saturated rings. The number of likely N-dealkylation sites (tertiary alicyclic amines) is 1. The van der Waals surface area contributed by atoms with Crippen molar-refractivity contribution in [3.63, 3.8) is 0 Å². The number of rotatable bonds is 3. The lowest BCUT2D eigenvalue weighted by atomic mass is 9.75. The molecule has 2 aliphatic rings. The number of phenolic OH excluding ortho intramolecular Hbond substituents is 1. The Kier molecular flexibility index (Phi) is 5.73. The number of nitrogens with zero attached hydrogens (tertiary/aromatic N) is 1. The maximum Gasteiger partial charge on any atom is 0.115 e. The predicted octanol–water partition coefficient (Wildman–Crippen LogP) is 4.82. The highest BCUT2D eigenvalue weighted by atomic mass is 79.9. The fraction of sp³-hybridized carbons (Fsp3) is 0.579. The fourth-order valence-corrected chi connectivity index (χ4v) is 4.22. The van der Waals surface area contributed by atoms with Gasteiger partial charge in [0.2, 0.25) is 0 Å². The third-order valence-electron chi connectivity index (χ3n) is 5.39. The van der Waals surface area contributed by atoms with E-state index in [1.807, 2.05) is 12.1 Å². The molecule has 0 aromatic heterocycles. The van der Waals surface area contributed by atoms with Gasteiger partial charge in [-0.25, -0.2) is 0 Å². The van der Waals surface area contributed by atoms with E-state index < -0.39 is 0 Å². The minimum absolute atomic E-state index is 0. The summed E-state index contributed by atoms with van der Waals surface area (Å²) in [7, 11) is 0. The third-order valence-corrected chi connectivity index (χ3v) is 5.39. The number of fused-ring (bicyclic) bond motifs is 2. The largest absolute Gasteiger partial charge is 0.508 e. The molecular formula is C19H28BrNO. The van der Waals surface area contributed by atoms with Crippen LogP contribution in [-0.2, 0) is 5.41 Å². The van der Waals surface area contributed by atoms with Gasteiger partial charge in [-0.1, -0.05) is 23.8 Å². The Labute approximate surface area is 145 Å². The van der Waals surface area contributed by atoms with Crippen LogP contribution in [0.1, 0.15) is 51.5 Å². The molecule has 0 spiro atoms. The molecule has 2 bridgehead atoms. The summed E-state index contributed by atoms with van der Waals surface area (Å²) < 4.78 is 0. The molecule has 0 radical (unpaired) electrons. The summed E-state index contributed by atoms with van der Waals surface area (Å²) in [5.41, 5.74) is 3.08. The van der Waals surface area contributed by atoms with Gasteiger partial charge in [-0.2, -0.15) is 0 Å². The second-order valence-electron chi connectivity index (χ2n) is 7.11. The minimum Gasteiger partial charge on any atom is -0.508 e. The Balaban J connectivity index is 0.00000176. The molecule has 2 nitrogen and oxygen atoms in total. The SMILES string of the molecule is Br.CC(C)=CCN1CCCC2(c3cccc(O)c3)CCC1C2. The highest BCUT2D eigenvalue weighted by Gasteiger charge is 2.43. The van der Waals surface area contributed by atoms with Crippen molar-refractivity contribution in [3.8, 4) is 5.75 Å². The van der Waals surface area contributed by atoms with Crippen molar-refractivity contribution in [1.29, 1.82) is 0 Å². The van der Waals surface area contributed by atoms with Crippen LogP contribution in [0.5, 0.6) is 5.75 Å². The summed E-state index contributed by atoms with van der Waals surface area (Å²) in [5, 5.41) is 9.82. The van der Waals surface area contributed by atoms with Gasteiger partial charge in [0.25, 0.3) is 0 Å². The zero-order valence-electron chi connectivity index (χ0n) is 13.7. The minimum atomic E-state index is 0. The molecule has 2 atom stereocenters. The van der Waals surface area contributed by atoms with E-state index in [0.29, 0.717) is 17.2 Å². The van der Waals surface area contributed by atoms with E-state index in [0.717, 1.165) is 6.54 Å². The van der Waals surface area contributed by atoms with Crippen molar-refractivity contribution >= 4 is 17.0 Å². The third kappa shape index (κ3) is 3.57. The molecule has 3 heteroatoms. The molecule has 1 aliphatic carbocycles. The second kappa shape index (κ2) is 7.18. The van der Waals surface area contributed by atoms with Crippen LogP contribution in [0.4, 0.5) is 0 Å². The second-order valence-corrected chi connectivity index (χ2v) is 7.11. The Bertz CT molecular complexity index is 538. The number of hydrogen-bond acceptors (Lipinski definition) is 2. The van der Waals surface area contributed by atoms with Gasteiger partial charge in [0.1, 0.15) is 5.75 Å². The standard InChI is InChI=1S/C19H27NO.BrH/c1-15(2)8-12-20-11-4-9-19(10-7-17(20)14-19)16-5-3-6-18(21)13-16;/h3,5-6,8,13,17,21H,4,7,9-12,14H2,1-2H3;1H. The van der Waals surface area contributed by atoms with Gasteiger partial charge in [0.15, 0.2) is 0 Å². The van der Waals surface area contributed by atoms with Crippen LogP contribution in [0, 0.1) is 0 Å². The van der Waals surface area contributed by atoms with Crippen LogP contribution < -0.4 is 0 Å². The van der Waals surface area contributed by atoms with Crippen LogP contribution in [0.3, 0.4) is 0 Å². The van der Waals surface area contributed by atoms with Gasteiger partial charge in [-0.3, -0.25) is 4.90 Å². The number of aromatic hydroxyl groups is 1. The van der Waals surface area contributed by atoms with Gasteiger partial charge in [-0.15, -0.1) is 17.0 Å². The molecule has 1 N–H and O–H groups in total. The quantitative estimate of drug-likeness (QED) is 0.775. The lowest BCUT2D eigenvalue weighted by Gasteiger charge is -2.29. The Hall–Kier alpha value is -0.800. The normalized spacial score (nSPS) is 27.8. The van der Waals surface area contributed by atoms with Gasteiger partial charge < -0.3 is 5.11 Å². The van der Waals surface area contributed by atoms with Gasteiger partial charge in [-0.05, 0) is 75.6 Å². The molecule has 1 aromatic rings. The molecule has 0 amide bonds. The monoisotopic (exact) mass is 365 g/mol. The van der Waals surface area contributed by atoms with E-state index in [-0.39, 0.29) is 17.0 Å². The highest BCUT2D eigenvalue weighted by molar-refractivity contribution is 8.93. The van der Waals surface area contributed by atoms with E-state index >= 15 is 0 Å². The number of allylic oxidation sites excluding steroid dienone is 1. The van der Waals surface area contributed by atoms with Gasteiger partial charge in [0, 0.05) is 12.6 Å². The van der Waals surface area contributed by atoms with E-state index in [1.54, 1.807) is 6.07 Å². The molecular weight excluding hydrogens is 338 g/mol. The van der Waals surface area contributed by atoms with Crippen molar-refractivity contribution in [2.24, 2.45) is 0 Å². The highest BCUT2D eigenvalue weighted by Crippen LogP contribution is 2.48. The van der Waals surface area contributed by atoms with Crippen molar-refractivity contribution in [2.45, 2.75) is 57.4 Å². The molecule has 1 aliphatic heterocycles. The molecule has 1 aromatic carbocycles.